The number of rotatable bonds is 5. The molecular formula is C16H20BrNO3S. The van der Waals surface area contributed by atoms with Gasteiger partial charge in [-0.3, -0.25) is 4.79 Å². The molecule has 1 aromatic carbocycles. The summed E-state index contributed by atoms with van der Waals surface area (Å²) in [5.41, 5.74) is 1.08. The average molecular weight is 386 g/mol. The van der Waals surface area contributed by atoms with E-state index >= 15 is 0 Å². The molecule has 1 aliphatic heterocycles. The van der Waals surface area contributed by atoms with Gasteiger partial charge in [-0.05, 0) is 30.9 Å². The molecule has 2 fully saturated rings. The molecule has 0 spiro atoms. The van der Waals surface area contributed by atoms with Gasteiger partial charge in [0, 0.05) is 28.8 Å². The van der Waals surface area contributed by atoms with Gasteiger partial charge in [-0.2, -0.15) is 0 Å². The van der Waals surface area contributed by atoms with Crippen LogP contribution >= 0.6 is 27.7 Å². The molecule has 1 unspecified atom stereocenters. The smallest absolute Gasteiger partial charge is 0.224 e. The Balaban J connectivity index is 1.94. The first-order valence-electron chi connectivity index (χ1n) is 7.46. The summed E-state index contributed by atoms with van der Waals surface area (Å²) in [6.45, 7) is 0.872. The van der Waals surface area contributed by atoms with Crippen LogP contribution in [0.1, 0.15) is 30.2 Å². The normalized spacial score (nSPS) is 21.9. The monoisotopic (exact) mass is 385 g/mol. The highest BCUT2D eigenvalue weighted by Crippen LogP contribution is 2.45. The minimum Gasteiger partial charge on any atom is -0.493 e. The second-order valence-electron chi connectivity index (χ2n) is 5.69. The predicted molar refractivity (Wildman–Crippen MR) is 91.5 cm³/mol. The summed E-state index contributed by atoms with van der Waals surface area (Å²) in [4.78, 5) is 14.4. The number of thioether (sulfide) groups is 1. The first-order chi connectivity index (χ1) is 10.6. The number of carbonyl (C=O) groups excluding carboxylic acids is 1. The molecule has 1 heterocycles. The highest BCUT2D eigenvalue weighted by Gasteiger charge is 2.35. The SMILES string of the molecule is COc1cc(Br)c(C2SCCC(=O)N2CC2CC2)cc1OC. The van der Waals surface area contributed by atoms with Gasteiger partial charge in [-0.15, -0.1) is 11.8 Å². The molecule has 1 amide bonds. The maximum Gasteiger partial charge on any atom is 0.224 e. The molecule has 1 aromatic rings. The Morgan fingerprint density at radius 2 is 1.95 bits per heavy atom. The second kappa shape index (κ2) is 6.71. The van der Waals surface area contributed by atoms with Gasteiger partial charge in [0.15, 0.2) is 11.5 Å². The number of amides is 1. The molecule has 4 nitrogen and oxygen atoms in total. The Kier molecular flexibility index (Phi) is 4.88. The van der Waals surface area contributed by atoms with E-state index < -0.39 is 0 Å². The Morgan fingerprint density at radius 3 is 2.59 bits per heavy atom. The van der Waals surface area contributed by atoms with Crippen LogP contribution in [-0.4, -0.2) is 37.3 Å². The Morgan fingerprint density at radius 1 is 1.27 bits per heavy atom. The third-order valence-corrected chi connectivity index (χ3v) is 6.07. The lowest BCUT2D eigenvalue weighted by atomic mass is 10.1. The molecule has 1 aliphatic carbocycles. The number of nitrogens with zero attached hydrogens (tertiary/aromatic N) is 1. The van der Waals surface area contributed by atoms with E-state index in [1.165, 1.54) is 12.8 Å². The lowest BCUT2D eigenvalue weighted by Crippen LogP contribution is -2.38. The fourth-order valence-electron chi connectivity index (χ4n) is 2.72. The van der Waals surface area contributed by atoms with Crippen molar-refractivity contribution in [2.75, 3.05) is 26.5 Å². The summed E-state index contributed by atoms with van der Waals surface area (Å²) < 4.78 is 11.7. The molecule has 1 atom stereocenters. The molecule has 120 valence electrons. The van der Waals surface area contributed by atoms with Crippen LogP contribution in [0.4, 0.5) is 0 Å². The van der Waals surface area contributed by atoms with Gasteiger partial charge in [0.25, 0.3) is 0 Å². The topological polar surface area (TPSA) is 38.8 Å². The lowest BCUT2D eigenvalue weighted by molar-refractivity contribution is -0.132. The van der Waals surface area contributed by atoms with E-state index in [2.05, 4.69) is 15.9 Å². The fourth-order valence-corrected chi connectivity index (χ4v) is 4.68. The van der Waals surface area contributed by atoms with Crippen LogP contribution in [0.25, 0.3) is 0 Å². The number of hydrogen-bond acceptors (Lipinski definition) is 4. The van der Waals surface area contributed by atoms with Crippen molar-refractivity contribution in [1.29, 1.82) is 0 Å². The highest BCUT2D eigenvalue weighted by molar-refractivity contribution is 9.10. The quantitative estimate of drug-likeness (QED) is 0.771. The average Bonchev–Trinajstić information content (AvgIpc) is 3.33. The molecule has 1 saturated heterocycles. The van der Waals surface area contributed by atoms with E-state index in [1.807, 2.05) is 28.8 Å². The van der Waals surface area contributed by atoms with Gasteiger partial charge < -0.3 is 14.4 Å². The number of hydrogen-bond donors (Lipinski definition) is 0. The molecule has 22 heavy (non-hydrogen) atoms. The molecule has 6 heteroatoms. The summed E-state index contributed by atoms with van der Waals surface area (Å²) in [5, 5.41) is 0.0519. The van der Waals surface area contributed by atoms with E-state index in [4.69, 9.17) is 9.47 Å². The van der Waals surface area contributed by atoms with Crippen LogP contribution < -0.4 is 9.47 Å². The van der Waals surface area contributed by atoms with Gasteiger partial charge in [0.05, 0.1) is 14.2 Å². The molecule has 0 radical (unpaired) electrons. The standard InChI is InChI=1S/C16H20BrNO3S/c1-20-13-7-11(12(17)8-14(13)21-2)16-18(9-10-3-4-10)15(19)5-6-22-16/h7-8,10,16H,3-6,9H2,1-2H3. The van der Waals surface area contributed by atoms with Gasteiger partial charge in [0.1, 0.15) is 5.37 Å². The molecule has 3 rings (SSSR count). The number of benzene rings is 1. The van der Waals surface area contributed by atoms with Gasteiger partial charge >= 0.3 is 0 Å². The fraction of sp³-hybridized carbons (Fsp3) is 0.562. The number of halogens is 1. The number of carbonyl (C=O) groups is 1. The van der Waals surface area contributed by atoms with Crippen molar-refractivity contribution in [1.82, 2.24) is 4.90 Å². The summed E-state index contributed by atoms with van der Waals surface area (Å²) >= 11 is 5.45. The predicted octanol–water partition coefficient (Wildman–Crippen LogP) is 3.84. The maximum atomic E-state index is 12.4. The molecule has 2 aliphatic rings. The molecule has 0 bridgehead atoms. The van der Waals surface area contributed by atoms with E-state index in [0.717, 1.165) is 22.3 Å². The van der Waals surface area contributed by atoms with E-state index in [1.54, 1.807) is 14.2 Å². The van der Waals surface area contributed by atoms with Crippen molar-refractivity contribution >= 4 is 33.6 Å². The number of ether oxygens (including phenoxy) is 2. The summed E-state index contributed by atoms with van der Waals surface area (Å²) in [6.07, 6.45) is 3.13. The third-order valence-electron chi connectivity index (χ3n) is 4.12. The Hall–Kier alpha value is -0.880. The Labute approximate surface area is 143 Å². The van der Waals surface area contributed by atoms with Crippen LogP contribution in [0.2, 0.25) is 0 Å². The van der Waals surface area contributed by atoms with Crippen LogP contribution in [0.5, 0.6) is 11.5 Å². The van der Waals surface area contributed by atoms with Crippen molar-refractivity contribution in [3.05, 3.63) is 22.2 Å². The van der Waals surface area contributed by atoms with Crippen molar-refractivity contribution < 1.29 is 14.3 Å². The van der Waals surface area contributed by atoms with E-state index in [9.17, 15) is 4.79 Å². The van der Waals surface area contributed by atoms with Crippen molar-refractivity contribution in [2.24, 2.45) is 5.92 Å². The summed E-state index contributed by atoms with van der Waals surface area (Å²) in [5.74, 6) is 3.21. The Bertz CT molecular complexity index is 577. The first-order valence-corrected chi connectivity index (χ1v) is 9.30. The van der Waals surface area contributed by atoms with Crippen LogP contribution in [-0.2, 0) is 4.79 Å². The number of methoxy groups -OCH3 is 2. The van der Waals surface area contributed by atoms with Crippen LogP contribution in [0.15, 0.2) is 16.6 Å². The van der Waals surface area contributed by atoms with Crippen molar-refractivity contribution in [3.8, 4) is 11.5 Å². The largest absolute Gasteiger partial charge is 0.493 e. The summed E-state index contributed by atoms with van der Waals surface area (Å²) in [7, 11) is 3.26. The lowest BCUT2D eigenvalue weighted by Gasteiger charge is -2.36. The van der Waals surface area contributed by atoms with Crippen molar-refractivity contribution in [2.45, 2.75) is 24.6 Å². The zero-order valence-electron chi connectivity index (χ0n) is 12.8. The minimum atomic E-state index is 0.0519. The first kappa shape index (κ1) is 16.0. The van der Waals surface area contributed by atoms with E-state index in [-0.39, 0.29) is 11.3 Å². The zero-order chi connectivity index (χ0) is 15.7. The molecule has 0 N–H and O–H groups in total. The highest BCUT2D eigenvalue weighted by atomic mass is 79.9. The third kappa shape index (κ3) is 3.23. The van der Waals surface area contributed by atoms with Crippen LogP contribution in [0, 0.1) is 5.92 Å². The molecule has 1 saturated carbocycles. The van der Waals surface area contributed by atoms with Crippen molar-refractivity contribution in [3.63, 3.8) is 0 Å². The molecule has 0 aromatic heterocycles. The van der Waals surface area contributed by atoms with Gasteiger partial charge in [0.2, 0.25) is 5.91 Å². The second-order valence-corrected chi connectivity index (χ2v) is 7.73. The summed E-state index contributed by atoms with van der Waals surface area (Å²) in [6, 6.07) is 3.90. The minimum absolute atomic E-state index is 0.0519. The van der Waals surface area contributed by atoms with Gasteiger partial charge in [-0.25, -0.2) is 0 Å². The maximum absolute atomic E-state index is 12.4. The van der Waals surface area contributed by atoms with Gasteiger partial charge in [-0.1, -0.05) is 15.9 Å². The van der Waals surface area contributed by atoms with Crippen LogP contribution in [0.3, 0.4) is 0 Å². The molecular weight excluding hydrogens is 366 g/mol. The van der Waals surface area contributed by atoms with E-state index in [0.29, 0.717) is 23.8 Å². The zero-order valence-corrected chi connectivity index (χ0v) is 15.2.